The molecule has 28 heavy (non-hydrogen) atoms. The summed E-state index contributed by atoms with van der Waals surface area (Å²) in [6.07, 6.45) is -4.43. The van der Waals surface area contributed by atoms with Gasteiger partial charge in [-0.2, -0.15) is 13.2 Å². The van der Waals surface area contributed by atoms with Crippen molar-refractivity contribution in [2.24, 2.45) is 0 Å². The van der Waals surface area contributed by atoms with E-state index in [0.29, 0.717) is 21.3 Å². The normalized spacial score (nSPS) is 11.3. The van der Waals surface area contributed by atoms with Crippen molar-refractivity contribution in [1.82, 2.24) is 0 Å². The molecule has 0 bridgehead atoms. The molecule has 0 radical (unpaired) electrons. The van der Waals surface area contributed by atoms with Gasteiger partial charge in [-0.15, -0.1) is 11.3 Å². The molecule has 1 amide bonds. The molecule has 3 rings (SSSR count). The van der Waals surface area contributed by atoms with Crippen molar-refractivity contribution in [3.63, 3.8) is 0 Å². The fraction of sp³-hybridized carbons (Fsp3) is 0.105. The van der Waals surface area contributed by atoms with Gasteiger partial charge in [-0.25, -0.2) is 0 Å². The summed E-state index contributed by atoms with van der Waals surface area (Å²) < 4.78 is 44.0. The number of nitrogens with one attached hydrogen (secondary N) is 1. The molecule has 0 unspecified atom stereocenters. The Balaban J connectivity index is 1.70. The van der Waals surface area contributed by atoms with Crippen LogP contribution in [0.2, 0.25) is 10.0 Å². The number of thiophene rings is 1. The van der Waals surface area contributed by atoms with Gasteiger partial charge in [0.1, 0.15) is 17.2 Å². The predicted octanol–water partition coefficient (Wildman–Crippen LogP) is 6.91. The lowest BCUT2D eigenvalue weighted by molar-refractivity contribution is -0.137. The molecule has 3 nitrogen and oxygen atoms in total. The van der Waals surface area contributed by atoms with Crippen LogP contribution >= 0.6 is 34.5 Å². The highest BCUT2D eigenvalue weighted by Gasteiger charge is 2.30. The van der Waals surface area contributed by atoms with Gasteiger partial charge in [0.2, 0.25) is 0 Å². The molecule has 0 fully saturated rings. The van der Waals surface area contributed by atoms with Crippen molar-refractivity contribution in [3.05, 3.63) is 80.0 Å². The van der Waals surface area contributed by atoms with E-state index in [1.165, 1.54) is 18.2 Å². The van der Waals surface area contributed by atoms with Gasteiger partial charge in [0.15, 0.2) is 0 Å². The van der Waals surface area contributed by atoms with E-state index in [9.17, 15) is 18.0 Å². The van der Waals surface area contributed by atoms with Crippen molar-refractivity contribution in [1.29, 1.82) is 0 Å². The number of hydrogen-bond acceptors (Lipinski definition) is 3. The molecule has 1 aromatic heterocycles. The van der Waals surface area contributed by atoms with E-state index in [0.717, 1.165) is 23.5 Å². The molecule has 0 aliphatic rings. The highest BCUT2D eigenvalue weighted by atomic mass is 35.5. The first-order chi connectivity index (χ1) is 13.2. The maximum atomic E-state index is 12.8. The lowest BCUT2D eigenvalue weighted by Crippen LogP contribution is -2.12. The van der Waals surface area contributed by atoms with Crippen LogP contribution in [0.4, 0.5) is 18.9 Å². The van der Waals surface area contributed by atoms with Crippen molar-refractivity contribution >= 4 is 46.1 Å². The van der Waals surface area contributed by atoms with Crippen LogP contribution in [0, 0.1) is 0 Å². The minimum atomic E-state index is -4.43. The Morgan fingerprint density at radius 1 is 1.07 bits per heavy atom. The van der Waals surface area contributed by atoms with Gasteiger partial charge in [-0.1, -0.05) is 35.3 Å². The Labute approximate surface area is 172 Å². The summed E-state index contributed by atoms with van der Waals surface area (Å²) >= 11 is 12.9. The number of rotatable bonds is 5. The molecule has 3 aromatic rings. The number of halogens is 5. The third-order valence-electron chi connectivity index (χ3n) is 3.66. The lowest BCUT2D eigenvalue weighted by atomic mass is 10.1. The second-order valence-electron chi connectivity index (χ2n) is 5.68. The molecule has 146 valence electrons. The number of benzene rings is 2. The Kier molecular flexibility index (Phi) is 6.17. The first-order valence-corrected chi connectivity index (χ1v) is 9.50. The van der Waals surface area contributed by atoms with Crippen molar-refractivity contribution in [2.45, 2.75) is 12.8 Å². The van der Waals surface area contributed by atoms with Gasteiger partial charge in [0.25, 0.3) is 5.91 Å². The maximum Gasteiger partial charge on any atom is 0.416 e. The van der Waals surface area contributed by atoms with Crippen molar-refractivity contribution in [3.8, 4) is 5.75 Å². The molecule has 0 saturated carbocycles. The zero-order valence-electron chi connectivity index (χ0n) is 14.0. The summed E-state index contributed by atoms with van der Waals surface area (Å²) in [6, 6.07) is 11.1. The highest BCUT2D eigenvalue weighted by molar-refractivity contribution is 7.12. The van der Waals surface area contributed by atoms with Gasteiger partial charge in [0, 0.05) is 5.69 Å². The molecule has 2 aromatic carbocycles. The van der Waals surface area contributed by atoms with E-state index >= 15 is 0 Å². The van der Waals surface area contributed by atoms with E-state index in [-0.39, 0.29) is 17.2 Å². The van der Waals surface area contributed by atoms with Gasteiger partial charge >= 0.3 is 6.18 Å². The summed E-state index contributed by atoms with van der Waals surface area (Å²) in [5, 5.41) is 5.00. The van der Waals surface area contributed by atoms with Gasteiger partial charge in [0.05, 0.1) is 15.6 Å². The minimum absolute atomic E-state index is 0.103. The summed E-state index contributed by atoms with van der Waals surface area (Å²) in [5.41, 5.74) is 0.0463. The first kappa shape index (κ1) is 20.5. The average molecular weight is 446 g/mol. The summed E-state index contributed by atoms with van der Waals surface area (Å²) in [4.78, 5) is 12.8. The molecular weight excluding hydrogens is 434 g/mol. The quantitative estimate of drug-likeness (QED) is 0.463. The highest BCUT2D eigenvalue weighted by Crippen LogP contribution is 2.31. The summed E-state index contributed by atoms with van der Waals surface area (Å²) in [7, 11) is 0. The predicted molar refractivity (Wildman–Crippen MR) is 105 cm³/mol. The third-order valence-corrected chi connectivity index (χ3v) is 5.29. The Bertz CT molecular complexity index is 1000. The van der Waals surface area contributed by atoms with Gasteiger partial charge in [-0.05, 0) is 47.3 Å². The first-order valence-electron chi connectivity index (χ1n) is 7.87. The van der Waals surface area contributed by atoms with Crippen molar-refractivity contribution < 1.29 is 22.7 Å². The molecule has 0 saturated heterocycles. The Hall–Kier alpha value is -2.22. The number of alkyl halides is 3. The Morgan fingerprint density at radius 2 is 1.86 bits per heavy atom. The van der Waals surface area contributed by atoms with Gasteiger partial charge in [-0.3, -0.25) is 4.79 Å². The van der Waals surface area contributed by atoms with E-state index in [2.05, 4.69) is 5.32 Å². The molecule has 0 aliphatic carbocycles. The number of amides is 1. The number of ether oxygens (including phenoxy) is 1. The van der Waals surface area contributed by atoms with E-state index in [1.807, 2.05) is 0 Å². The number of carbonyl (C=O) groups is 1. The SMILES string of the molecule is O=C(Nc1ccc(Cl)c(Cl)c1)c1sccc1OCc1cccc(C(F)(F)F)c1. The second kappa shape index (κ2) is 8.43. The fourth-order valence-electron chi connectivity index (χ4n) is 2.34. The Morgan fingerprint density at radius 3 is 2.57 bits per heavy atom. The zero-order valence-corrected chi connectivity index (χ0v) is 16.3. The average Bonchev–Trinajstić information content (AvgIpc) is 3.11. The lowest BCUT2D eigenvalue weighted by Gasteiger charge is -2.11. The van der Waals surface area contributed by atoms with Crippen LogP contribution in [-0.4, -0.2) is 5.91 Å². The summed E-state index contributed by atoms with van der Waals surface area (Å²) in [6.45, 7) is -0.103. The largest absolute Gasteiger partial charge is 0.487 e. The van der Waals surface area contributed by atoms with Gasteiger partial charge < -0.3 is 10.1 Å². The van der Waals surface area contributed by atoms with E-state index in [1.54, 1.807) is 23.6 Å². The molecule has 1 heterocycles. The number of carbonyl (C=O) groups excluding carboxylic acids is 1. The molecule has 9 heteroatoms. The second-order valence-corrected chi connectivity index (χ2v) is 7.41. The molecular formula is C19H12Cl2F3NO2S. The van der Waals surface area contributed by atoms with Crippen LogP contribution < -0.4 is 10.1 Å². The van der Waals surface area contributed by atoms with Crippen molar-refractivity contribution in [2.75, 3.05) is 5.32 Å². The van der Waals surface area contributed by atoms with Crippen LogP contribution in [0.5, 0.6) is 5.75 Å². The van der Waals surface area contributed by atoms with Crippen LogP contribution in [0.1, 0.15) is 20.8 Å². The topological polar surface area (TPSA) is 38.3 Å². The standard InChI is InChI=1S/C19H12Cl2F3NO2S/c20-14-5-4-13(9-15(14)21)25-18(26)17-16(6-7-28-17)27-10-11-2-1-3-12(8-11)19(22,23)24/h1-9H,10H2,(H,25,26). The smallest absolute Gasteiger partial charge is 0.416 e. The maximum absolute atomic E-state index is 12.8. The molecule has 0 spiro atoms. The monoisotopic (exact) mass is 445 g/mol. The third kappa shape index (κ3) is 4.98. The van der Waals surface area contributed by atoms with Crippen LogP contribution in [0.3, 0.4) is 0 Å². The molecule has 0 atom stereocenters. The van der Waals surface area contributed by atoms with E-state index < -0.39 is 17.6 Å². The molecule has 1 N–H and O–H groups in total. The fourth-order valence-corrected chi connectivity index (χ4v) is 3.36. The summed E-state index contributed by atoms with van der Waals surface area (Å²) in [5.74, 6) is -0.146. The van der Waals surface area contributed by atoms with Crippen LogP contribution in [0.15, 0.2) is 53.9 Å². The van der Waals surface area contributed by atoms with Crippen LogP contribution in [0.25, 0.3) is 0 Å². The number of hydrogen-bond donors (Lipinski definition) is 1. The van der Waals surface area contributed by atoms with Crippen LogP contribution in [-0.2, 0) is 12.8 Å². The number of anilines is 1. The zero-order chi connectivity index (χ0) is 20.3. The van der Waals surface area contributed by atoms with E-state index in [4.69, 9.17) is 27.9 Å². The minimum Gasteiger partial charge on any atom is -0.487 e. The molecule has 0 aliphatic heterocycles.